The molecule has 0 heterocycles. The second-order valence-electron chi connectivity index (χ2n) is 7.40. The Kier molecular flexibility index (Phi) is 7.37. The van der Waals surface area contributed by atoms with Gasteiger partial charge in [-0.05, 0) is 47.7 Å². The first-order valence-corrected chi connectivity index (χ1v) is 13.9. The van der Waals surface area contributed by atoms with E-state index in [1.807, 2.05) is 54.2 Å². The molecule has 0 atom stereocenters. The fraction of sp³-hybridized carbons (Fsp3) is 0.250. The molecule has 0 saturated carbocycles. The van der Waals surface area contributed by atoms with E-state index in [9.17, 15) is 0 Å². The molecule has 4 heteroatoms. The Morgan fingerprint density at radius 3 is 2.25 bits per heavy atom. The molecule has 2 nitrogen and oxygen atoms in total. The van der Waals surface area contributed by atoms with E-state index in [1.54, 1.807) is 0 Å². The highest BCUT2D eigenvalue weighted by atomic mass is 32.2. The summed E-state index contributed by atoms with van der Waals surface area (Å²) < 4.78 is 12.0. The first kappa shape index (κ1) is 20.7. The van der Waals surface area contributed by atoms with Crippen LogP contribution >= 0.6 is 11.8 Å². The lowest BCUT2D eigenvalue weighted by Gasteiger charge is -2.23. The molecule has 28 heavy (non-hydrogen) atoms. The van der Waals surface area contributed by atoms with E-state index in [0.717, 1.165) is 29.0 Å². The predicted molar refractivity (Wildman–Crippen MR) is 123 cm³/mol. The first-order valence-electron chi connectivity index (χ1n) is 9.70. The van der Waals surface area contributed by atoms with Crippen LogP contribution in [0.25, 0.3) is 0 Å². The summed E-state index contributed by atoms with van der Waals surface area (Å²) in [7, 11) is -1.62. The van der Waals surface area contributed by atoms with Crippen LogP contribution in [-0.4, -0.2) is 20.1 Å². The number of rotatable bonds is 9. The smallest absolute Gasteiger partial charge is 0.127 e. The molecule has 0 aromatic heterocycles. The van der Waals surface area contributed by atoms with Crippen molar-refractivity contribution in [3.8, 4) is 11.5 Å². The molecule has 0 N–H and O–H groups in total. The van der Waals surface area contributed by atoms with Gasteiger partial charge in [0, 0.05) is 11.1 Å². The fourth-order valence-electron chi connectivity index (χ4n) is 3.00. The Balaban J connectivity index is 1.55. The zero-order chi connectivity index (χ0) is 19.8. The maximum Gasteiger partial charge on any atom is 0.127 e. The second kappa shape index (κ2) is 9.96. The lowest BCUT2D eigenvalue weighted by atomic mass is 10.2. The molecule has 3 aromatic carbocycles. The van der Waals surface area contributed by atoms with Gasteiger partial charge in [-0.2, -0.15) is 0 Å². The molecule has 0 bridgehead atoms. The quantitative estimate of drug-likeness (QED) is 0.307. The minimum Gasteiger partial charge on any atom is -0.457 e. The molecule has 0 saturated heterocycles. The molecule has 0 aliphatic rings. The maximum atomic E-state index is 6.12. The molecular weight excluding hydrogens is 380 g/mol. The van der Waals surface area contributed by atoms with Crippen LogP contribution in [0.5, 0.6) is 11.5 Å². The van der Waals surface area contributed by atoms with Gasteiger partial charge in [-0.1, -0.05) is 67.7 Å². The summed E-state index contributed by atoms with van der Waals surface area (Å²) in [5.41, 5.74) is 1.13. The molecule has 0 unspecified atom stereocenters. The van der Waals surface area contributed by atoms with Crippen LogP contribution in [-0.2, 0) is 11.3 Å². The monoisotopic (exact) mass is 408 g/mol. The van der Waals surface area contributed by atoms with Crippen LogP contribution in [0.15, 0.2) is 83.8 Å². The van der Waals surface area contributed by atoms with E-state index in [-0.39, 0.29) is 0 Å². The molecule has 0 aliphatic carbocycles. The third-order valence-corrected chi connectivity index (χ3v) is 8.27. The summed E-state index contributed by atoms with van der Waals surface area (Å²) in [5.74, 6) is 2.79. The van der Waals surface area contributed by atoms with Crippen molar-refractivity contribution in [2.45, 2.75) is 31.5 Å². The van der Waals surface area contributed by atoms with E-state index < -0.39 is 8.07 Å². The molecule has 3 rings (SSSR count). The average Bonchev–Trinajstić information content (AvgIpc) is 2.70. The van der Waals surface area contributed by atoms with Gasteiger partial charge in [0.25, 0.3) is 0 Å². The Morgan fingerprint density at radius 2 is 1.54 bits per heavy atom. The lowest BCUT2D eigenvalue weighted by molar-refractivity contribution is 0.160. The van der Waals surface area contributed by atoms with Crippen LogP contribution in [0.2, 0.25) is 13.1 Å². The van der Waals surface area contributed by atoms with Crippen molar-refractivity contribution in [1.82, 2.24) is 0 Å². The van der Waals surface area contributed by atoms with Crippen molar-refractivity contribution in [3.63, 3.8) is 0 Å². The minimum atomic E-state index is -1.62. The summed E-state index contributed by atoms with van der Waals surface area (Å²) in [6.07, 6.45) is 0.803. The summed E-state index contributed by atoms with van der Waals surface area (Å²) >= 11 is 1.88. The number of benzene rings is 3. The minimum absolute atomic E-state index is 0.603. The number of hydrogen-bond donors (Lipinski definition) is 0. The van der Waals surface area contributed by atoms with Crippen LogP contribution in [0.1, 0.15) is 12.5 Å². The van der Waals surface area contributed by atoms with Crippen molar-refractivity contribution in [2.24, 2.45) is 0 Å². The number of ether oxygens (including phenoxy) is 2. The predicted octanol–water partition coefficient (Wildman–Crippen LogP) is 6.26. The Morgan fingerprint density at radius 1 is 0.821 bits per heavy atom. The summed E-state index contributed by atoms with van der Waals surface area (Å²) in [6.45, 7) is 7.52. The maximum absolute atomic E-state index is 6.12. The van der Waals surface area contributed by atoms with E-state index >= 15 is 0 Å². The van der Waals surface area contributed by atoms with Gasteiger partial charge in [0.2, 0.25) is 0 Å². The summed E-state index contributed by atoms with van der Waals surface area (Å²) in [4.78, 5) is 1.34. The second-order valence-corrected chi connectivity index (χ2v) is 13.4. The molecule has 0 fully saturated rings. The Bertz CT molecular complexity index is 863. The number of hydrogen-bond acceptors (Lipinski definition) is 3. The normalized spacial score (nSPS) is 11.4. The zero-order valence-corrected chi connectivity index (χ0v) is 18.7. The molecule has 0 spiro atoms. The van der Waals surface area contributed by atoms with Crippen molar-refractivity contribution >= 4 is 25.0 Å². The highest BCUT2D eigenvalue weighted by Gasteiger charge is 2.23. The highest BCUT2D eigenvalue weighted by molar-refractivity contribution is 7.99. The fourth-order valence-corrected chi connectivity index (χ4v) is 5.51. The Labute approximate surface area is 173 Å². The van der Waals surface area contributed by atoms with Gasteiger partial charge < -0.3 is 9.47 Å². The van der Waals surface area contributed by atoms with Gasteiger partial charge in [0.05, 0.1) is 6.61 Å². The molecule has 0 aliphatic heterocycles. The standard InChI is InChI=1S/C24H28O2SSi/c1-4-27-23-13-15-24(16-14-23)28(2,3)19-25-18-20-9-8-12-22(17-20)26-21-10-6-5-7-11-21/h5-17H,4,18-19H2,1-3H3. The van der Waals surface area contributed by atoms with Crippen molar-refractivity contribution < 1.29 is 9.47 Å². The summed E-state index contributed by atoms with van der Waals surface area (Å²) in [5, 5.41) is 1.44. The molecule has 3 aromatic rings. The van der Waals surface area contributed by atoms with Gasteiger partial charge in [0.15, 0.2) is 0 Å². The lowest BCUT2D eigenvalue weighted by Crippen LogP contribution is -2.46. The van der Waals surface area contributed by atoms with Crippen LogP contribution in [0.3, 0.4) is 0 Å². The van der Waals surface area contributed by atoms with Gasteiger partial charge in [0.1, 0.15) is 19.6 Å². The number of para-hydroxylation sites is 1. The number of thioether (sulfide) groups is 1. The third kappa shape index (κ3) is 5.99. The molecule has 0 amide bonds. The Hall–Kier alpha value is -2.01. The SMILES string of the molecule is CCSc1ccc([Si](C)(C)COCc2cccc(Oc3ccccc3)c2)cc1. The van der Waals surface area contributed by atoms with Gasteiger partial charge in [-0.3, -0.25) is 0 Å². The average molecular weight is 409 g/mol. The van der Waals surface area contributed by atoms with Gasteiger partial charge in [-0.15, -0.1) is 11.8 Å². The van der Waals surface area contributed by atoms with Crippen LogP contribution in [0.4, 0.5) is 0 Å². The van der Waals surface area contributed by atoms with Crippen LogP contribution < -0.4 is 9.92 Å². The molecular formula is C24H28O2SSi. The van der Waals surface area contributed by atoms with Crippen LogP contribution in [0, 0.1) is 0 Å². The van der Waals surface area contributed by atoms with Gasteiger partial charge in [-0.25, -0.2) is 0 Å². The highest BCUT2D eigenvalue weighted by Crippen LogP contribution is 2.22. The van der Waals surface area contributed by atoms with E-state index in [2.05, 4.69) is 56.4 Å². The van der Waals surface area contributed by atoms with E-state index in [4.69, 9.17) is 9.47 Å². The summed E-state index contributed by atoms with van der Waals surface area (Å²) in [6, 6.07) is 27.0. The van der Waals surface area contributed by atoms with E-state index in [0.29, 0.717) is 6.61 Å². The van der Waals surface area contributed by atoms with Crippen molar-refractivity contribution in [3.05, 3.63) is 84.4 Å². The van der Waals surface area contributed by atoms with Crippen molar-refractivity contribution in [2.75, 3.05) is 12.0 Å². The largest absolute Gasteiger partial charge is 0.457 e. The van der Waals surface area contributed by atoms with Gasteiger partial charge >= 0.3 is 0 Å². The molecule has 146 valence electrons. The zero-order valence-electron chi connectivity index (χ0n) is 16.9. The van der Waals surface area contributed by atoms with E-state index in [1.165, 1.54) is 10.1 Å². The topological polar surface area (TPSA) is 18.5 Å². The third-order valence-electron chi connectivity index (χ3n) is 4.56. The first-order chi connectivity index (χ1) is 13.6. The molecule has 0 radical (unpaired) electrons. The van der Waals surface area contributed by atoms with Crippen molar-refractivity contribution in [1.29, 1.82) is 0 Å².